The summed E-state index contributed by atoms with van der Waals surface area (Å²) in [7, 11) is 0. The summed E-state index contributed by atoms with van der Waals surface area (Å²) in [4.78, 5) is 2.52. The van der Waals surface area contributed by atoms with Gasteiger partial charge in [-0.1, -0.05) is 123 Å². The first kappa shape index (κ1) is 31.0. The number of hydrogen-bond acceptors (Lipinski definition) is 1. The SMILES string of the molecule is CC1(C)c2ccccc2-c2ccc(N(c3ccc(-c4ccc5ccccc5c4)cc3)c3ccc4c(c3)-c3ccccc3C43C4CC5CC(C4)CC3C5)cc21. The third-order valence-corrected chi connectivity index (χ3v) is 14.8. The van der Waals surface area contributed by atoms with Crippen LogP contribution in [0.1, 0.15) is 68.2 Å². The number of anilines is 3. The fourth-order valence-corrected chi connectivity index (χ4v) is 12.7. The zero-order valence-electron chi connectivity index (χ0n) is 31.2. The maximum Gasteiger partial charge on any atom is 0.0468 e. The summed E-state index contributed by atoms with van der Waals surface area (Å²) in [5.74, 6) is 3.41. The highest BCUT2D eigenvalue weighted by Gasteiger charge is 2.61. The third kappa shape index (κ3) is 4.16. The molecule has 7 aromatic carbocycles. The van der Waals surface area contributed by atoms with Crippen LogP contribution in [-0.4, -0.2) is 0 Å². The number of nitrogens with zero attached hydrogens (tertiary/aromatic N) is 1. The second-order valence-electron chi connectivity index (χ2n) is 17.8. The lowest BCUT2D eigenvalue weighted by Crippen LogP contribution is -2.55. The highest BCUT2D eigenvalue weighted by Crippen LogP contribution is 2.69. The maximum atomic E-state index is 2.57. The molecule has 4 fully saturated rings. The molecule has 0 radical (unpaired) electrons. The van der Waals surface area contributed by atoms with Crippen LogP contribution in [0.2, 0.25) is 0 Å². The quantitative estimate of drug-likeness (QED) is 0.177. The smallest absolute Gasteiger partial charge is 0.0468 e. The first-order valence-corrected chi connectivity index (χ1v) is 20.3. The second kappa shape index (κ2) is 11.1. The van der Waals surface area contributed by atoms with Gasteiger partial charge in [0.2, 0.25) is 0 Å². The first-order valence-electron chi connectivity index (χ1n) is 20.3. The normalized spacial score (nSPS) is 24.7. The summed E-state index contributed by atoms with van der Waals surface area (Å²) in [5.41, 5.74) is 17.9. The fourth-order valence-electron chi connectivity index (χ4n) is 12.7. The molecule has 0 amide bonds. The lowest BCUT2D eigenvalue weighted by atomic mass is 9.43. The zero-order chi connectivity index (χ0) is 35.8. The van der Waals surface area contributed by atoms with Gasteiger partial charge >= 0.3 is 0 Å². The Morgan fingerprint density at radius 2 is 0.963 bits per heavy atom. The van der Waals surface area contributed by atoms with Crippen molar-refractivity contribution in [2.45, 2.75) is 56.8 Å². The average molecular weight is 696 g/mol. The van der Waals surface area contributed by atoms with Crippen LogP contribution in [0.25, 0.3) is 44.2 Å². The number of fused-ring (bicyclic) bond motifs is 7. The van der Waals surface area contributed by atoms with Crippen LogP contribution in [0.5, 0.6) is 0 Å². The summed E-state index contributed by atoms with van der Waals surface area (Å²) >= 11 is 0. The molecule has 6 aliphatic rings. The van der Waals surface area contributed by atoms with Crippen molar-refractivity contribution < 1.29 is 0 Å². The van der Waals surface area contributed by atoms with Crippen LogP contribution in [-0.2, 0) is 10.8 Å². The molecule has 262 valence electrons. The molecule has 0 N–H and O–H groups in total. The van der Waals surface area contributed by atoms with Crippen molar-refractivity contribution in [3.05, 3.63) is 174 Å². The standard InChI is InChI=1S/C53H45N/c1-52(2)48-13-7-5-11-44(48)46-23-21-43(32-51(46)52)54(41-19-17-36(18-20-41)38-16-15-35-9-3-4-10-37(35)30-38)42-22-24-50-47(31-42)45-12-6-8-14-49(45)53(50)39-26-33-25-34(28-39)29-40(53)27-33/h3-24,30-34,39-40H,25-29H2,1-2H3. The van der Waals surface area contributed by atoms with Crippen LogP contribution < -0.4 is 4.90 Å². The van der Waals surface area contributed by atoms with Crippen molar-refractivity contribution in [1.29, 1.82) is 0 Å². The second-order valence-corrected chi connectivity index (χ2v) is 17.8. The fraction of sp³-hybridized carbons (Fsp3) is 0.245. The number of hydrogen-bond donors (Lipinski definition) is 0. The van der Waals surface area contributed by atoms with Gasteiger partial charge in [-0.25, -0.2) is 0 Å². The van der Waals surface area contributed by atoms with E-state index in [2.05, 4.69) is 170 Å². The van der Waals surface area contributed by atoms with Crippen molar-refractivity contribution in [3.63, 3.8) is 0 Å². The van der Waals surface area contributed by atoms with Gasteiger partial charge in [-0.05, 0) is 165 Å². The van der Waals surface area contributed by atoms with Crippen LogP contribution in [0, 0.1) is 23.7 Å². The molecule has 1 nitrogen and oxygen atoms in total. The summed E-state index contributed by atoms with van der Waals surface area (Å²) in [6.45, 7) is 4.78. The minimum absolute atomic E-state index is 0.0731. The predicted molar refractivity (Wildman–Crippen MR) is 225 cm³/mol. The van der Waals surface area contributed by atoms with Gasteiger partial charge in [-0.3, -0.25) is 0 Å². The average Bonchev–Trinajstić information content (AvgIpc) is 3.62. The van der Waals surface area contributed by atoms with Crippen LogP contribution >= 0.6 is 0 Å². The molecule has 0 heterocycles. The Hall–Kier alpha value is -5.40. The molecular formula is C53H45N. The summed E-state index contributed by atoms with van der Waals surface area (Å²) in [6.07, 6.45) is 7.11. The van der Waals surface area contributed by atoms with Crippen LogP contribution in [0.15, 0.2) is 152 Å². The summed E-state index contributed by atoms with van der Waals surface area (Å²) in [5, 5.41) is 2.55. The van der Waals surface area contributed by atoms with E-state index in [1.165, 1.54) is 104 Å². The van der Waals surface area contributed by atoms with Gasteiger partial charge < -0.3 is 4.90 Å². The van der Waals surface area contributed by atoms with Gasteiger partial charge in [-0.15, -0.1) is 0 Å². The van der Waals surface area contributed by atoms with Crippen molar-refractivity contribution in [2.75, 3.05) is 4.90 Å². The minimum atomic E-state index is -0.0731. The van der Waals surface area contributed by atoms with Crippen LogP contribution in [0.3, 0.4) is 0 Å². The van der Waals surface area contributed by atoms with Gasteiger partial charge in [0, 0.05) is 27.9 Å². The van der Waals surface area contributed by atoms with E-state index >= 15 is 0 Å². The van der Waals surface area contributed by atoms with E-state index in [1.54, 1.807) is 11.1 Å². The molecule has 1 heteroatoms. The Balaban J connectivity index is 1.02. The number of benzene rings is 7. The summed E-state index contributed by atoms with van der Waals surface area (Å²) < 4.78 is 0. The van der Waals surface area contributed by atoms with E-state index in [0.717, 1.165) is 23.7 Å². The molecule has 54 heavy (non-hydrogen) atoms. The lowest BCUT2D eigenvalue weighted by Gasteiger charge is -2.61. The van der Waals surface area contributed by atoms with E-state index in [0.29, 0.717) is 0 Å². The van der Waals surface area contributed by atoms with E-state index in [-0.39, 0.29) is 10.8 Å². The molecule has 6 aliphatic carbocycles. The molecule has 0 atom stereocenters. The molecule has 0 saturated heterocycles. The molecule has 1 spiro atoms. The van der Waals surface area contributed by atoms with E-state index in [9.17, 15) is 0 Å². The van der Waals surface area contributed by atoms with Crippen LogP contribution in [0.4, 0.5) is 17.1 Å². The van der Waals surface area contributed by atoms with Gasteiger partial charge in [0.1, 0.15) is 0 Å². The largest absolute Gasteiger partial charge is 0.310 e. The molecule has 4 saturated carbocycles. The lowest BCUT2D eigenvalue weighted by molar-refractivity contribution is -0.0399. The Morgan fingerprint density at radius 3 is 1.72 bits per heavy atom. The third-order valence-electron chi connectivity index (χ3n) is 14.8. The monoisotopic (exact) mass is 695 g/mol. The molecular weight excluding hydrogens is 651 g/mol. The van der Waals surface area contributed by atoms with Crippen molar-refractivity contribution in [2.24, 2.45) is 23.7 Å². The molecule has 4 bridgehead atoms. The molecule has 0 aromatic heterocycles. The maximum absolute atomic E-state index is 2.57. The van der Waals surface area contributed by atoms with Gasteiger partial charge in [0.05, 0.1) is 0 Å². The zero-order valence-corrected chi connectivity index (χ0v) is 31.2. The Labute approximate surface area is 319 Å². The van der Waals surface area contributed by atoms with Gasteiger partial charge in [-0.2, -0.15) is 0 Å². The highest BCUT2D eigenvalue weighted by atomic mass is 15.1. The Bertz CT molecular complexity index is 2630. The van der Waals surface area contributed by atoms with E-state index < -0.39 is 0 Å². The first-order chi connectivity index (χ1) is 26.5. The molecule has 0 aliphatic heterocycles. The topological polar surface area (TPSA) is 3.24 Å². The molecule has 0 unspecified atom stereocenters. The number of rotatable bonds is 4. The van der Waals surface area contributed by atoms with E-state index in [4.69, 9.17) is 0 Å². The summed E-state index contributed by atoms with van der Waals surface area (Å²) in [6, 6.07) is 58.0. The van der Waals surface area contributed by atoms with E-state index in [1.807, 2.05) is 0 Å². The Kier molecular flexibility index (Phi) is 6.36. The van der Waals surface area contributed by atoms with Gasteiger partial charge in [0.15, 0.2) is 0 Å². The van der Waals surface area contributed by atoms with Crippen molar-refractivity contribution >= 4 is 27.8 Å². The Morgan fingerprint density at radius 1 is 0.407 bits per heavy atom. The van der Waals surface area contributed by atoms with Crippen molar-refractivity contribution in [3.8, 4) is 33.4 Å². The van der Waals surface area contributed by atoms with Gasteiger partial charge in [0.25, 0.3) is 0 Å². The molecule has 13 rings (SSSR count). The highest BCUT2D eigenvalue weighted by molar-refractivity contribution is 5.91. The van der Waals surface area contributed by atoms with Crippen molar-refractivity contribution in [1.82, 2.24) is 0 Å². The molecule has 7 aromatic rings. The minimum Gasteiger partial charge on any atom is -0.310 e. The predicted octanol–water partition coefficient (Wildman–Crippen LogP) is 14.0.